The molecule has 1 aliphatic heterocycles. The van der Waals surface area contributed by atoms with Gasteiger partial charge in [0.25, 0.3) is 0 Å². The van der Waals surface area contributed by atoms with Crippen LogP contribution >= 0.6 is 23.1 Å². The van der Waals surface area contributed by atoms with Gasteiger partial charge in [0.05, 0.1) is 18.1 Å². The van der Waals surface area contributed by atoms with Gasteiger partial charge in [0.1, 0.15) is 5.75 Å². The molecule has 3 aromatic rings. The summed E-state index contributed by atoms with van der Waals surface area (Å²) in [7, 11) is 0. The van der Waals surface area contributed by atoms with Crippen LogP contribution in [0.3, 0.4) is 0 Å². The fraction of sp³-hybridized carbons (Fsp3) is 0.389. The Morgan fingerprint density at radius 2 is 2.00 bits per heavy atom. The molecule has 0 spiro atoms. The molecular weight excluding hydrogens is 368 g/mol. The Morgan fingerprint density at radius 3 is 2.73 bits per heavy atom. The van der Waals surface area contributed by atoms with E-state index in [0.29, 0.717) is 12.4 Å². The van der Waals surface area contributed by atoms with E-state index >= 15 is 0 Å². The van der Waals surface area contributed by atoms with Crippen molar-refractivity contribution in [3.05, 3.63) is 29.6 Å². The maximum Gasteiger partial charge on any atom is 0.233 e. The molecule has 0 aliphatic carbocycles. The minimum absolute atomic E-state index is 0.182. The topological polar surface area (TPSA) is 59.7 Å². The Kier molecular flexibility index (Phi) is 5.12. The van der Waals surface area contributed by atoms with Crippen LogP contribution in [0.4, 0.5) is 0 Å². The number of nitrogens with zero attached hydrogens (tertiary/aromatic N) is 4. The van der Waals surface area contributed by atoms with Gasteiger partial charge < -0.3 is 9.64 Å². The lowest BCUT2D eigenvalue weighted by Gasteiger charge is -2.14. The number of amides is 1. The Hall–Kier alpha value is -2.06. The van der Waals surface area contributed by atoms with Crippen LogP contribution in [-0.4, -0.2) is 50.9 Å². The molecule has 1 aliphatic rings. The highest BCUT2D eigenvalue weighted by Crippen LogP contribution is 2.31. The lowest BCUT2D eigenvalue weighted by molar-refractivity contribution is -0.127. The molecule has 1 aromatic carbocycles. The molecule has 3 heterocycles. The van der Waals surface area contributed by atoms with Crippen LogP contribution in [0.1, 0.15) is 19.8 Å². The predicted octanol–water partition coefficient (Wildman–Crippen LogP) is 3.57. The van der Waals surface area contributed by atoms with Crippen LogP contribution in [0.5, 0.6) is 5.75 Å². The van der Waals surface area contributed by atoms with Crippen molar-refractivity contribution in [2.75, 3.05) is 25.4 Å². The summed E-state index contributed by atoms with van der Waals surface area (Å²) < 4.78 is 7.54. The van der Waals surface area contributed by atoms with E-state index in [1.807, 2.05) is 40.5 Å². The van der Waals surface area contributed by atoms with E-state index in [1.165, 1.54) is 11.8 Å². The molecule has 1 fully saturated rings. The van der Waals surface area contributed by atoms with E-state index < -0.39 is 0 Å². The zero-order valence-electron chi connectivity index (χ0n) is 14.6. The van der Waals surface area contributed by atoms with Gasteiger partial charge >= 0.3 is 0 Å². The number of carbonyl (C=O) groups excluding carboxylic acids is 1. The summed E-state index contributed by atoms with van der Waals surface area (Å²) in [6.07, 6.45) is 2.22. The summed E-state index contributed by atoms with van der Waals surface area (Å²) in [4.78, 5) is 15.1. The van der Waals surface area contributed by atoms with Gasteiger partial charge in [0.15, 0.2) is 5.16 Å². The molecule has 136 valence electrons. The van der Waals surface area contributed by atoms with E-state index in [9.17, 15) is 4.79 Å². The molecule has 0 bridgehead atoms. The third-order valence-electron chi connectivity index (χ3n) is 4.37. The second-order valence-electron chi connectivity index (χ2n) is 6.06. The van der Waals surface area contributed by atoms with Crippen molar-refractivity contribution in [2.45, 2.75) is 24.9 Å². The smallest absolute Gasteiger partial charge is 0.233 e. The first-order valence-electron chi connectivity index (χ1n) is 8.72. The molecular formula is C18H20N4O2S2. The molecule has 8 heteroatoms. The van der Waals surface area contributed by atoms with E-state index in [2.05, 4.69) is 15.6 Å². The fourth-order valence-corrected chi connectivity index (χ4v) is 4.81. The number of thiazole rings is 1. The molecule has 26 heavy (non-hydrogen) atoms. The molecule has 0 N–H and O–H groups in total. The lowest BCUT2D eigenvalue weighted by atomic mass is 10.2. The predicted molar refractivity (Wildman–Crippen MR) is 104 cm³/mol. The zero-order chi connectivity index (χ0) is 17.9. The van der Waals surface area contributed by atoms with Crippen LogP contribution < -0.4 is 4.74 Å². The third kappa shape index (κ3) is 3.43. The van der Waals surface area contributed by atoms with E-state index in [1.54, 1.807) is 11.3 Å². The summed E-state index contributed by atoms with van der Waals surface area (Å²) in [5, 5.41) is 11.4. The van der Waals surface area contributed by atoms with Crippen LogP contribution in [0, 0.1) is 0 Å². The minimum Gasteiger partial charge on any atom is -0.494 e. The number of thioether (sulfide) groups is 1. The van der Waals surface area contributed by atoms with Gasteiger partial charge in [-0.05, 0) is 49.6 Å². The second-order valence-corrected chi connectivity index (χ2v) is 7.83. The fourth-order valence-electron chi connectivity index (χ4n) is 3.06. The monoisotopic (exact) mass is 388 g/mol. The number of benzene rings is 1. The summed E-state index contributed by atoms with van der Waals surface area (Å²) in [5.74, 6) is 1.44. The highest BCUT2D eigenvalue weighted by molar-refractivity contribution is 7.99. The average Bonchev–Trinajstić information content (AvgIpc) is 3.39. The van der Waals surface area contributed by atoms with Crippen LogP contribution in [0.25, 0.3) is 16.2 Å². The Morgan fingerprint density at radius 1 is 1.23 bits per heavy atom. The molecule has 6 nitrogen and oxygen atoms in total. The normalized spacial score (nSPS) is 14.3. The number of ether oxygens (including phenoxy) is 1. The third-order valence-corrected chi connectivity index (χ3v) is 6.09. The van der Waals surface area contributed by atoms with Gasteiger partial charge in [0.2, 0.25) is 10.9 Å². The standard InChI is InChI=1S/C18H20N4O2S2/c1-2-24-14-7-5-13(6-8-14)15-11-25-17-19-20-18(22(15)17)26-12-16(23)21-9-3-4-10-21/h5-8,11H,2-4,9-10,12H2,1H3. The highest BCUT2D eigenvalue weighted by Gasteiger charge is 2.20. The van der Waals surface area contributed by atoms with E-state index in [4.69, 9.17) is 4.74 Å². The maximum atomic E-state index is 12.3. The van der Waals surface area contributed by atoms with Crippen molar-refractivity contribution in [1.82, 2.24) is 19.5 Å². The van der Waals surface area contributed by atoms with Crippen molar-refractivity contribution < 1.29 is 9.53 Å². The molecule has 0 atom stereocenters. The summed E-state index contributed by atoms with van der Waals surface area (Å²) in [6.45, 7) is 4.38. The van der Waals surface area contributed by atoms with Crippen molar-refractivity contribution >= 4 is 34.0 Å². The first kappa shape index (κ1) is 17.4. The number of hydrogen-bond acceptors (Lipinski definition) is 6. The van der Waals surface area contributed by atoms with E-state index in [-0.39, 0.29) is 5.91 Å². The number of carbonyl (C=O) groups is 1. The number of hydrogen-bond donors (Lipinski definition) is 0. The number of rotatable bonds is 6. The van der Waals surface area contributed by atoms with Gasteiger partial charge in [-0.15, -0.1) is 21.5 Å². The molecule has 0 radical (unpaired) electrons. The Labute approximate surface area is 160 Å². The largest absolute Gasteiger partial charge is 0.494 e. The van der Waals surface area contributed by atoms with Gasteiger partial charge in [-0.3, -0.25) is 9.20 Å². The minimum atomic E-state index is 0.182. The SMILES string of the molecule is CCOc1ccc(-c2csc3nnc(SCC(=O)N4CCCC4)n23)cc1. The van der Waals surface area contributed by atoms with Gasteiger partial charge in [-0.1, -0.05) is 11.8 Å². The molecule has 4 rings (SSSR count). The molecule has 1 saturated heterocycles. The Balaban J connectivity index is 1.55. The number of aromatic nitrogens is 3. The summed E-state index contributed by atoms with van der Waals surface area (Å²) in [6, 6.07) is 8.01. The van der Waals surface area contributed by atoms with Crippen molar-refractivity contribution in [3.63, 3.8) is 0 Å². The quantitative estimate of drug-likeness (QED) is 0.604. The molecule has 1 amide bonds. The molecule has 2 aromatic heterocycles. The summed E-state index contributed by atoms with van der Waals surface area (Å²) in [5.41, 5.74) is 2.11. The van der Waals surface area contributed by atoms with E-state index in [0.717, 1.165) is 53.1 Å². The first-order valence-corrected chi connectivity index (χ1v) is 10.6. The average molecular weight is 389 g/mol. The summed E-state index contributed by atoms with van der Waals surface area (Å²) >= 11 is 3.01. The van der Waals surface area contributed by atoms with Crippen LogP contribution in [0.15, 0.2) is 34.8 Å². The first-order chi connectivity index (χ1) is 12.8. The zero-order valence-corrected chi connectivity index (χ0v) is 16.2. The number of fused-ring (bicyclic) bond motifs is 1. The second kappa shape index (κ2) is 7.67. The highest BCUT2D eigenvalue weighted by atomic mass is 32.2. The molecule has 0 unspecified atom stereocenters. The van der Waals surface area contributed by atoms with Gasteiger partial charge in [-0.2, -0.15) is 0 Å². The van der Waals surface area contributed by atoms with Crippen LogP contribution in [-0.2, 0) is 4.79 Å². The maximum absolute atomic E-state index is 12.3. The van der Waals surface area contributed by atoms with Gasteiger partial charge in [0, 0.05) is 18.5 Å². The van der Waals surface area contributed by atoms with Crippen molar-refractivity contribution in [3.8, 4) is 17.0 Å². The number of likely N-dealkylation sites (tertiary alicyclic amines) is 1. The van der Waals surface area contributed by atoms with Crippen molar-refractivity contribution in [1.29, 1.82) is 0 Å². The molecule has 0 saturated carbocycles. The van der Waals surface area contributed by atoms with Crippen molar-refractivity contribution in [2.24, 2.45) is 0 Å². The van der Waals surface area contributed by atoms with Gasteiger partial charge in [-0.25, -0.2) is 0 Å². The lowest BCUT2D eigenvalue weighted by Crippen LogP contribution is -2.29. The Bertz CT molecular complexity index is 898. The van der Waals surface area contributed by atoms with Crippen LogP contribution in [0.2, 0.25) is 0 Å².